The summed E-state index contributed by atoms with van der Waals surface area (Å²) in [4.78, 5) is 23.1. The molecule has 0 bridgehead atoms. The molecule has 3 rings (SSSR count). The molecule has 8 heteroatoms. The number of carboxylic acids is 1. The van der Waals surface area contributed by atoms with E-state index >= 15 is 0 Å². The minimum atomic E-state index is -3.85. The first-order chi connectivity index (χ1) is 12.8. The lowest BCUT2D eigenvalue weighted by atomic mass is 10.00. The number of ether oxygens (including phenoxy) is 1. The molecule has 0 amide bonds. The monoisotopic (exact) mass is 389 g/mol. The van der Waals surface area contributed by atoms with Gasteiger partial charge in [-0.05, 0) is 42.3 Å². The van der Waals surface area contributed by atoms with Crippen molar-refractivity contribution in [2.75, 3.05) is 26.3 Å². The Hall–Kier alpha value is -2.55. The third-order valence-electron chi connectivity index (χ3n) is 4.36. The van der Waals surface area contributed by atoms with Crippen molar-refractivity contribution in [1.82, 2.24) is 4.31 Å². The molecule has 1 saturated heterocycles. The molecule has 0 radical (unpaired) electrons. The molecule has 0 spiro atoms. The molecule has 7 nitrogen and oxygen atoms in total. The van der Waals surface area contributed by atoms with Crippen LogP contribution in [0.2, 0.25) is 0 Å². The van der Waals surface area contributed by atoms with Crippen LogP contribution in [0.5, 0.6) is 0 Å². The van der Waals surface area contributed by atoms with E-state index in [0.29, 0.717) is 29.9 Å². The number of benzene rings is 2. The normalized spacial score (nSPS) is 15.4. The second-order valence-electron chi connectivity index (χ2n) is 6.20. The van der Waals surface area contributed by atoms with E-state index < -0.39 is 16.0 Å². The summed E-state index contributed by atoms with van der Waals surface area (Å²) in [5, 5.41) is 9.42. The van der Waals surface area contributed by atoms with Crippen molar-refractivity contribution < 1.29 is 27.9 Å². The number of sulfonamides is 1. The number of rotatable bonds is 5. The van der Waals surface area contributed by atoms with Gasteiger partial charge >= 0.3 is 5.97 Å². The van der Waals surface area contributed by atoms with Gasteiger partial charge in [0, 0.05) is 18.7 Å². The maximum absolute atomic E-state index is 12.9. The molecule has 0 aromatic heterocycles. The first-order valence-electron chi connectivity index (χ1n) is 8.37. The minimum Gasteiger partial charge on any atom is -0.478 e. The van der Waals surface area contributed by atoms with Crippen molar-refractivity contribution >= 4 is 21.8 Å². The highest BCUT2D eigenvalue weighted by atomic mass is 32.2. The Labute approximate surface area is 157 Å². The summed E-state index contributed by atoms with van der Waals surface area (Å²) in [6.45, 7) is 2.46. The third kappa shape index (κ3) is 4.08. The number of ketones is 1. The maximum atomic E-state index is 12.9. The number of aromatic carboxylic acids is 1. The highest BCUT2D eigenvalue weighted by molar-refractivity contribution is 7.89. The molecule has 2 aromatic carbocycles. The van der Waals surface area contributed by atoms with E-state index in [2.05, 4.69) is 0 Å². The van der Waals surface area contributed by atoms with E-state index in [-0.39, 0.29) is 29.3 Å². The van der Waals surface area contributed by atoms with E-state index in [0.717, 1.165) is 6.07 Å². The number of carboxylic acid groups (broad SMARTS) is 1. The van der Waals surface area contributed by atoms with E-state index in [1.54, 1.807) is 24.3 Å². The number of carbonyl (C=O) groups is 2. The van der Waals surface area contributed by atoms with Gasteiger partial charge in [0.05, 0.1) is 23.7 Å². The van der Waals surface area contributed by atoms with Crippen molar-refractivity contribution in [3.8, 4) is 11.1 Å². The smallest absolute Gasteiger partial charge is 0.335 e. The van der Waals surface area contributed by atoms with Crippen LogP contribution in [-0.4, -0.2) is 55.9 Å². The van der Waals surface area contributed by atoms with Gasteiger partial charge in [-0.15, -0.1) is 0 Å². The summed E-state index contributed by atoms with van der Waals surface area (Å²) in [6, 6.07) is 10.7. The van der Waals surface area contributed by atoms with Gasteiger partial charge in [0.25, 0.3) is 0 Å². The van der Waals surface area contributed by atoms with E-state index in [1.165, 1.54) is 23.4 Å². The highest BCUT2D eigenvalue weighted by Gasteiger charge is 2.27. The molecule has 0 saturated carbocycles. The first-order valence-corrected chi connectivity index (χ1v) is 9.81. The Morgan fingerprint density at radius 3 is 2.30 bits per heavy atom. The fourth-order valence-electron chi connectivity index (χ4n) is 2.89. The second kappa shape index (κ2) is 7.59. The van der Waals surface area contributed by atoms with Crippen LogP contribution in [0, 0.1) is 0 Å². The van der Waals surface area contributed by atoms with E-state index in [4.69, 9.17) is 4.74 Å². The lowest BCUT2D eigenvalue weighted by Crippen LogP contribution is -2.40. The van der Waals surface area contributed by atoms with Gasteiger partial charge in [0.1, 0.15) is 0 Å². The number of hydrogen-bond acceptors (Lipinski definition) is 5. The molecule has 1 fully saturated rings. The van der Waals surface area contributed by atoms with Crippen molar-refractivity contribution in [2.24, 2.45) is 0 Å². The van der Waals surface area contributed by atoms with Gasteiger partial charge in [-0.1, -0.05) is 18.2 Å². The topological polar surface area (TPSA) is 101 Å². The second-order valence-corrected chi connectivity index (χ2v) is 8.14. The van der Waals surface area contributed by atoms with Gasteiger partial charge in [0.2, 0.25) is 10.0 Å². The third-order valence-corrected chi connectivity index (χ3v) is 6.24. The SMILES string of the molecule is CC(=O)c1cccc(-c2cc(C(=O)O)cc(S(=O)(=O)N3CCOCC3)c2)c1. The van der Waals surface area contributed by atoms with E-state index in [9.17, 15) is 23.1 Å². The molecule has 0 atom stereocenters. The zero-order valence-electron chi connectivity index (χ0n) is 14.7. The average molecular weight is 389 g/mol. The predicted octanol–water partition coefficient (Wildman–Crippen LogP) is 2.28. The summed E-state index contributed by atoms with van der Waals surface area (Å²) in [5.41, 5.74) is 1.33. The van der Waals surface area contributed by atoms with Crippen LogP contribution in [0.25, 0.3) is 11.1 Å². The summed E-state index contributed by atoms with van der Waals surface area (Å²) in [5.74, 6) is -1.36. The average Bonchev–Trinajstić information content (AvgIpc) is 2.68. The highest BCUT2D eigenvalue weighted by Crippen LogP contribution is 2.28. The number of morpholine rings is 1. The zero-order valence-corrected chi connectivity index (χ0v) is 15.5. The van der Waals surface area contributed by atoms with Gasteiger partial charge in [0.15, 0.2) is 5.78 Å². The lowest BCUT2D eigenvalue weighted by molar-refractivity contribution is 0.0695. The maximum Gasteiger partial charge on any atom is 0.335 e. The molecule has 0 aliphatic carbocycles. The Balaban J connectivity index is 2.12. The van der Waals surface area contributed by atoms with Gasteiger partial charge in [-0.25, -0.2) is 13.2 Å². The van der Waals surface area contributed by atoms with Gasteiger partial charge in [-0.2, -0.15) is 4.31 Å². The fraction of sp³-hybridized carbons (Fsp3) is 0.263. The number of hydrogen-bond donors (Lipinski definition) is 1. The summed E-state index contributed by atoms with van der Waals surface area (Å²) in [6.07, 6.45) is 0. The zero-order chi connectivity index (χ0) is 19.6. The molecular weight excluding hydrogens is 370 g/mol. The molecule has 2 aromatic rings. The Bertz CT molecular complexity index is 993. The first kappa shape index (κ1) is 19.2. The standard InChI is InChI=1S/C19H19NO6S/c1-13(21)14-3-2-4-15(9-14)16-10-17(19(22)23)12-18(11-16)27(24,25)20-5-7-26-8-6-20/h2-4,9-12H,5-8H2,1H3,(H,22,23). The van der Waals surface area contributed by atoms with Crippen LogP contribution in [0.3, 0.4) is 0 Å². The minimum absolute atomic E-state index is 0.0903. The van der Waals surface area contributed by atoms with Crippen LogP contribution in [0.15, 0.2) is 47.4 Å². The van der Waals surface area contributed by atoms with Crippen molar-refractivity contribution in [3.05, 3.63) is 53.6 Å². The van der Waals surface area contributed by atoms with Crippen LogP contribution < -0.4 is 0 Å². The van der Waals surface area contributed by atoms with Gasteiger partial charge < -0.3 is 9.84 Å². The summed E-state index contributed by atoms with van der Waals surface area (Å²) < 4.78 is 32.4. The van der Waals surface area contributed by atoms with Crippen molar-refractivity contribution in [2.45, 2.75) is 11.8 Å². The van der Waals surface area contributed by atoms with Gasteiger partial charge in [-0.3, -0.25) is 4.79 Å². The Morgan fingerprint density at radius 2 is 1.67 bits per heavy atom. The van der Waals surface area contributed by atoms with Crippen molar-refractivity contribution in [3.63, 3.8) is 0 Å². The molecule has 1 aliphatic rings. The number of nitrogens with zero attached hydrogens (tertiary/aromatic N) is 1. The fourth-order valence-corrected chi connectivity index (χ4v) is 4.37. The quantitative estimate of drug-likeness (QED) is 0.788. The lowest BCUT2D eigenvalue weighted by Gasteiger charge is -2.26. The van der Waals surface area contributed by atoms with E-state index in [1.807, 2.05) is 0 Å². The summed E-state index contributed by atoms with van der Waals surface area (Å²) in [7, 11) is -3.85. The summed E-state index contributed by atoms with van der Waals surface area (Å²) >= 11 is 0. The molecule has 0 unspecified atom stereocenters. The van der Waals surface area contributed by atoms with Crippen LogP contribution in [0.4, 0.5) is 0 Å². The molecule has 142 valence electrons. The van der Waals surface area contributed by atoms with Crippen LogP contribution in [0.1, 0.15) is 27.6 Å². The van der Waals surface area contributed by atoms with Crippen molar-refractivity contribution in [1.29, 1.82) is 0 Å². The predicted molar refractivity (Wildman–Crippen MR) is 98.4 cm³/mol. The van der Waals surface area contributed by atoms with Crippen LogP contribution >= 0.6 is 0 Å². The Morgan fingerprint density at radius 1 is 1.00 bits per heavy atom. The number of carbonyl (C=O) groups excluding carboxylic acids is 1. The molecule has 27 heavy (non-hydrogen) atoms. The molecule has 1 aliphatic heterocycles. The number of Topliss-reactive ketones (excluding diaryl/α,β-unsaturated/α-hetero) is 1. The Kier molecular flexibility index (Phi) is 5.41. The molecule has 1 N–H and O–H groups in total. The molecule has 1 heterocycles. The molecular formula is C19H19NO6S. The van der Waals surface area contributed by atoms with Crippen LogP contribution in [-0.2, 0) is 14.8 Å². The largest absolute Gasteiger partial charge is 0.478 e.